The number of carbonyl (C=O) groups is 1. The summed E-state index contributed by atoms with van der Waals surface area (Å²) in [4.78, 5) is 26.0. The van der Waals surface area contributed by atoms with Crippen LogP contribution in [0.4, 0.5) is 0 Å². The van der Waals surface area contributed by atoms with Gasteiger partial charge in [-0.1, -0.05) is 0 Å². The van der Waals surface area contributed by atoms with Gasteiger partial charge in [0.15, 0.2) is 5.82 Å². The lowest BCUT2D eigenvalue weighted by atomic mass is 10.1. The zero-order chi connectivity index (χ0) is 18.7. The number of aromatic nitrogens is 4. The molecular formula is C19H28N6O. The summed E-state index contributed by atoms with van der Waals surface area (Å²) in [5.74, 6) is 0.949. The molecule has 1 amide bonds. The maximum absolute atomic E-state index is 12.8. The van der Waals surface area contributed by atoms with Gasteiger partial charge in [0.1, 0.15) is 0 Å². The summed E-state index contributed by atoms with van der Waals surface area (Å²) < 4.78 is 1.80. The van der Waals surface area contributed by atoms with Crippen molar-refractivity contribution in [3.8, 4) is 0 Å². The number of hydrogen-bond donors (Lipinski definition) is 0. The average molecular weight is 356 g/mol. The van der Waals surface area contributed by atoms with Crippen molar-refractivity contribution in [1.29, 1.82) is 0 Å². The molecule has 2 aromatic rings. The van der Waals surface area contributed by atoms with Gasteiger partial charge in [-0.25, -0.2) is 9.97 Å². The zero-order valence-corrected chi connectivity index (χ0v) is 16.1. The van der Waals surface area contributed by atoms with Crippen LogP contribution in [-0.4, -0.2) is 56.1 Å². The molecule has 0 bridgehead atoms. The summed E-state index contributed by atoms with van der Waals surface area (Å²) in [6.45, 7) is 3.55. The van der Waals surface area contributed by atoms with Gasteiger partial charge in [0.25, 0.3) is 0 Å². The highest BCUT2D eigenvalue weighted by atomic mass is 16.2. The molecular weight excluding hydrogens is 328 g/mol. The summed E-state index contributed by atoms with van der Waals surface area (Å²) >= 11 is 0. The van der Waals surface area contributed by atoms with Crippen LogP contribution in [0.2, 0.25) is 0 Å². The van der Waals surface area contributed by atoms with E-state index in [1.165, 1.54) is 0 Å². The smallest absolute Gasteiger partial charge is 0.223 e. The van der Waals surface area contributed by atoms with E-state index >= 15 is 0 Å². The SMILES string of the molecule is Cc1nn(C)cc1CCC(=O)N1CCC[C@H]1c1nccc(CN(C)C)n1. The minimum Gasteiger partial charge on any atom is -0.332 e. The molecule has 1 fully saturated rings. The third-order valence-corrected chi connectivity index (χ3v) is 4.80. The lowest BCUT2D eigenvalue weighted by molar-refractivity contribution is -0.132. The van der Waals surface area contributed by atoms with E-state index in [9.17, 15) is 4.79 Å². The normalized spacial score (nSPS) is 17.3. The van der Waals surface area contributed by atoms with Crippen LogP contribution in [0.15, 0.2) is 18.5 Å². The Balaban J connectivity index is 1.67. The molecule has 140 valence electrons. The fourth-order valence-electron chi connectivity index (χ4n) is 3.60. The molecule has 26 heavy (non-hydrogen) atoms. The third-order valence-electron chi connectivity index (χ3n) is 4.80. The maximum atomic E-state index is 12.8. The summed E-state index contributed by atoms with van der Waals surface area (Å²) in [6, 6.07) is 1.94. The molecule has 0 N–H and O–H groups in total. The molecule has 0 radical (unpaired) electrons. The van der Waals surface area contributed by atoms with E-state index < -0.39 is 0 Å². The van der Waals surface area contributed by atoms with Gasteiger partial charge in [0, 0.05) is 39.0 Å². The number of nitrogens with zero attached hydrogens (tertiary/aromatic N) is 6. The topological polar surface area (TPSA) is 67.2 Å². The molecule has 7 nitrogen and oxygen atoms in total. The van der Waals surface area contributed by atoms with Crippen LogP contribution in [0, 0.1) is 6.92 Å². The summed E-state index contributed by atoms with van der Waals surface area (Å²) in [5, 5.41) is 4.35. The van der Waals surface area contributed by atoms with Crippen molar-refractivity contribution in [2.75, 3.05) is 20.6 Å². The summed E-state index contributed by atoms with van der Waals surface area (Å²) in [6.07, 6.45) is 6.97. The van der Waals surface area contributed by atoms with Crippen molar-refractivity contribution < 1.29 is 4.79 Å². The van der Waals surface area contributed by atoms with Crippen molar-refractivity contribution in [2.45, 2.75) is 45.2 Å². The van der Waals surface area contributed by atoms with Crippen molar-refractivity contribution in [2.24, 2.45) is 7.05 Å². The Bertz CT molecular complexity index is 769. The van der Waals surface area contributed by atoms with Crippen LogP contribution in [0.25, 0.3) is 0 Å². The first kappa shape index (κ1) is 18.5. The second kappa shape index (κ2) is 7.95. The number of likely N-dealkylation sites (tertiary alicyclic amines) is 1. The number of carbonyl (C=O) groups excluding carboxylic acids is 1. The molecule has 1 saturated heterocycles. The molecule has 0 aromatic carbocycles. The highest BCUT2D eigenvalue weighted by Gasteiger charge is 2.31. The molecule has 1 atom stereocenters. The fourth-order valence-corrected chi connectivity index (χ4v) is 3.60. The quantitative estimate of drug-likeness (QED) is 0.790. The average Bonchev–Trinajstić information content (AvgIpc) is 3.18. The van der Waals surface area contributed by atoms with Gasteiger partial charge in [-0.3, -0.25) is 9.48 Å². The van der Waals surface area contributed by atoms with E-state index in [0.29, 0.717) is 6.42 Å². The van der Waals surface area contributed by atoms with Crippen molar-refractivity contribution in [1.82, 2.24) is 29.5 Å². The van der Waals surface area contributed by atoms with E-state index in [0.717, 1.165) is 55.1 Å². The Morgan fingerprint density at radius 2 is 2.19 bits per heavy atom. The van der Waals surface area contributed by atoms with E-state index in [4.69, 9.17) is 4.98 Å². The Labute approximate surface area is 155 Å². The first-order valence-corrected chi connectivity index (χ1v) is 9.19. The van der Waals surface area contributed by atoms with Gasteiger partial charge < -0.3 is 9.80 Å². The number of aryl methyl sites for hydroxylation is 3. The second-order valence-corrected chi connectivity index (χ2v) is 7.30. The molecule has 0 spiro atoms. The van der Waals surface area contributed by atoms with E-state index in [-0.39, 0.29) is 11.9 Å². The molecule has 0 aliphatic carbocycles. The molecule has 1 aliphatic heterocycles. The van der Waals surface area contributed by atoms with Crippen LogP contribution in [0.3, 0.4) is 0 Å². The van der Waals surface area contributed by atoms with Gasteiger partial charge in [-0.05, 0) is 51.9 Å². The fraction of sp³-hybridized carbons (Fsp3) is 0.579. The van der Waals surface area contributed by atoms with Crippen LogP contribution in [0.5, 0.6) is 0 Å². The minimum absolute atomic E-state index is 0.000363. The standard InChI is InChI=1S/C19H28N6O/c1-14-15(12-24(4)22-14)7-8-18(26)25-11-5-6-17(25)19-20-10-9-16(21-19)13-23(2)3/h9-10,12,17H,5-8,11,13H2,1-4H3/t17-/m0/s1. The van der Waals surface area contributed by atoms with Crippen molar-refractivity contribution >= 4 is 5.91 Å². The van der Waals surface area contributed by atoms with Gasteiger partial charge in [-0.2, -0.15) is 5.10 Å². The lowest BCUT2D eigenvalue weighted by Crippen LogP contribution is -2.31. The largest absolute Gasteiger partial charge is 0.332 e. The van der Waals surface area contributed by atoms with E-state index in [1.54, 1.807) is 10.9 Å². The number of rotatable bonds is 6. The first-order valence-electron chi connectivity index (χ1n) is 9.19. The summed E-state index contributed by atoms with van der Waals surface area (Å²) in [7, 11) is 5.95. The molecule has 0 unspecified atom stereocenters. The Kier molecular flexibility index (Phi) is 5.66. The van der Waals surface area contributed by atoms with Crippen LogP contribution < -0.4 is 0 Å². The predicted molar refractivity (Wildman–Crippen MR) is 99.4 cm³/mol. The van der Waals surface area contributed by atoms with Crippen LogP contribution in [-0.2, 0) is 24.8 Å². The zero-order valence-electron chi connectivity index (χ0n) is 16.1. The Morgan fingerprint density at radius 1 is 1.38 bits per heavy atom. The minimum atomic E-state index is -0.000363. The van der Waals surface area contributed by atoms with Crippen LogP contribution >= 0.6 is 0 Å². The van der Waals surface area contributed by atoms with E-state index in [1.807, 2.05) is 45.2 Å². The van der Waals surface area contributed by atoms with Gasteiger partial charge >= 0.3 is 0 Å². The maximum Gasteiger partial charge on any atom is 0.223 e. The summed E-state index contributed by atoms with van der Waals surface area (Å²) in [5.41, 5.74) is 3.13. The molecule has 1 aliphatic rings. The molecule has 3 heterocycles. The van der Waals surface area contributed by atoms with Gasteiger partial charge in [0.05, 0.1) is 17.4 Å². The molecule has 7 heteroatoms. The molecule has 2 aromatic heterocycles. The van der Waals surface area contributed by atoms with Gasteiger partial charge in [-0.15, -0.1) is 0 Å². The second-order valence-electron chi connectivity index (χ2n) is 7.30. The first-order chi connectivity index (χ1) is 12.4. The van der Waals surface area contributed by atoms with Crippen molar-refractivity contribution in [3.63, 3.8) is 0 Å². The molecule has 3 rings (SSSR count). The van der Waals surface area contributed by atoms with Crippen LogP contribution in [0.1, 0.15) is 48.1 Å². The Morgan fingerprint density at radius 3 is 2.88 bits per heavy atom. The highest BCUT2D eigenvalue weighted by molar-refractivity contribution is 5.77. The monoisotopic (exact) mass is 356 g/mol. The van der Waals surface area contributed by atoms with Gasteiger partial charge in [0.2, 0.25) is 5.91 Å². The number of amides is 1. The Hall–Kier alpha value is -2.28. The van der Waals surface area contributed by atoms with E-state index in [2.05, 4.69) is 15.0 Å². The number of hydrogen-bond acceptors (Lipinski definition) is 5. The highest BCUT2D eigenvalue weighted by Crippen LogP contribution is 2.30. The van der Waals surface area contributed by atoms with Crippen molar-refractivity contribution in [3.05, 3.63) is 41.2 Å². The lowest BCUT2D eigenvalue weighted by Gasteiger charge is -2.24. The predicted octanol–water partition coefficient (Wildman–Crippen LogP) is 1.88. The third kappa shape index (κ3) is 4.27. The molecule has 0 saturated carbocycles.